The van der Waals surface area contributed by atoms with E-state index in [-0.39, 0.29) is 28.9 Å². The normalized spacial score (nSPS) is 12.6. The Kier molecular flexibility index (Phi) is 10.5. The SMILES string of the molecule is CCc1c(C(=O)c2cc(C)cc(C)c2)[nH]c(=O)[nH]c1=O.CCc1c(C(=O)c2cc(C)cc(C)c2)n(CC2CC=CC2)c(=O)[nH]c1=O. The van der Waals surface area contributed by atoms with Gasteiger partial charge in [-0.3, -0.25) is 33.7 Å². The first-order chi connectivity index (χ1) is 21.8. The summed E-state index contributed by atoms with van der Waals surface area (Å²) in [5.41, 5.74) is 3.69. The Morgan fingerprint density at radius 3 is 1.65 bits per heavy atom. The van der Waals surface area contributed by atoms with Gasteiger partial charge in [0.25, 0.3) is 11.1 Å². The molecule has 2 aromatic heterocycles. The highest BCUT2D eigenvalue weighted by atomic mass is 16.2. The van der Waals surface area contributed by atoms with Crippen LogP contribution in [-0.4, -0.2) is 31.1 Å². The molecular formula is C36H40N4O6. The first-order valence-electron chi connectivity index (χ1n) is 15.4. The van der Waals surface area contributed by atoms with Crippen molar-refractivity contribution in [2.45, 2.75) is 73.8 Å². The summed E-state index contributed by atoms with van der Waals surface area (Å²) >= 11 is 0. The van der Waals surface area contributed by atoms with Crippen LogP contribution in [0.5, 0.6) is 0 Å². The second-order valence-electron chi connectivity index (χ2n) is 11.9. The molecule has 0 spiro atoms. The lowest BCUT2D eigenvalue weighted by molar-refractivity contribution is 0.102. The smallest absolute Gasteiger partial charge is 0.304 e. The molecule has 4 aromatic rings. The lowest BCUT2D eigenvalue weighted by Gasteiger charge is -2.18. The first-order valence-corrected chi connectivity index (χ1v) is 15.4. The number of ketones is 2. The average Bonchev–Trinajstić information content (AvgIpc) is 3.50. The van der Waals surface area contributed by atoms with E-state index in [4.69, 9.17) is 0 Å². The number of allylic oxidation sites excluding steroid dienone is 2. The topological polar surface area (TPSA) is 155 Å². The number of carbonyl (C=O) groups is 2. The van der Waals surface area contributed by atoms with Crippen LogP contribution in [-0.2, 0) is 19.4 Å². The van der Waals surface area contributed by atoms with E-state index in [1.807, 2.05) is 58.9 Å². The molecule has 240 valence electrons. The third-order valence-corrected chi connectivity index (χ3v) is 8.00. The number of benzene rings is 2. The molecule has 0 unspecified atom stereocenters. The predicted octanol–water partition coefficient (Wildman–Crippen LogP) is 4.39. The fourth-order valence-electron chi connectivity index (χ4n) is 5.99. The minimum absolute atomic E-state index is 0.0752. The Balaban J connectivity index is 0.000000216. The zero-order valence-corrected chi connectivity index (χ0v) is 27.1. The van der Waals surface area contributed by atoms with Gasteiger partial charge in [-0.2, -0.15) is 0 Å². The number of aryl methyl sites for hydroxylation is 4. The van der Waals surface area contributed by atoms with Crippen molar-refractivity contribution in [2.75, 3.05) is 0 Å². The number of aromatic amines is 3. The lowest BCUT2D eigenvalue weighted by atomic mass is 9.98. The van der Waals surface area contributed by atoms with Crippen molar-refractivity contribution in [1.82, 2.24) is 19.5 Å². The molecule has 10 nitrogen and oxygen atoms in total. The van der Waals surface area contributed by atoms with Crippen molar-refractivity contribution >= 4 is 11.6 Å². The van der Waals surface area contributed by atoms with Crippen LogP contribution < -0.4 is 22.5 Å². The van der Waals surface area contributed by atoms with Gasteiger partial charge in [0.15, 0.2) is 0 Å². The largest absolute Gasteiger partial charge is 0.328 e. The van der Waals surface area contributed by atoms with Gasteiger partial charge in [-0.1, -0.05) is 60.4 Å². The lowest BCUT2D eigenvalue weighted by Crippen LogP contribution is -2.38. The summed E-state index contributed by atoms with van der Waals surface area (Å²) in [4.78, 5) is 80.7. The summed E-state index contributed by atoms with van der Waals surface area (Å²) in [6.07, 6.45) is 6.71. The van der Waals surface area contributed by atoms with Gasteiger partial charge in [-0.05, 0) is 83.6 Å². The standard InChI is InChI=1S/C21H24N2O3.C15H16N2O3/c1-4-17-18(19(24)16-10-13(2)9-14(3)11-16)23(21(26)22-20(17)25)12-15-7-5-6-8-15;1-4-11-12(16-15(20)17-14(11)19)13(18)10-6-8(2)5-9(3)7-10/h5-6,9-11,15H,4,7-8,12H2,1-3H3,(H,22,25,26);5-7H,4H2,1-3H3,(H2,16,17,19,20). The van der Waals surface area contributed by atoms with E-state index in [9.17, 15) is 28.8 Å². The molecule has 0 fully saturated rings. The van der Waals surface area contributed by atoms with E-state index < -0.39 is 22.5 Å². The molecule has 3 N–H and O–H groups in total. The number of hydrogen-bond acceptors (Lipinski definition) is 6. The number of aromatic nitrogens is 4. The molecule has 0 saturated carbocycles. The van der Waals surface area contributed by atoms with Crippen LogP contribution in [0.25, 0.3) is 0 Å². The van der Waals surface area contributed by atoms with Crippen molar-refractivity contribution in [3.05, 3.63) is 146 Å². The van der Waals surface area contributed by atoms with Crippen LogP contribution >= 0.6 is 0 Å². The van der Waals surface area contributed by atoms with Crippen LogP contribution in [0.3, 0.4) is 0 Å². The number of nitrogens with zero attached hydrogens (tertiary/aromatic N) is 1. The Hall–Kier alpha value is -5.12. The average molecular weight is 625 g/mol. The summed E-state index contributed by atoms with van der Waals surface area (Å²) in [7, 11) is 0. The monoisotopic (exact) mass is 624 g/mol. The van der Waals surface area contributed by atoms with Gasteiger partial charge in [0, 0.05) is 28.8 Å². The van der Waals surface area contributed by atoms with Crippen LogP contribution in [0.15, 0.2) is 67.7 Å². The molecule has 0 radical (unpaired) electrons. The van der Waals surface area contributed by atoms with E-state index in [1.54, 1.807) is 19.1 Å². The zero-order valence-electron chi connectivity index (χ0n) is 27.1. The maximum atomic E-state index is 13.3. The van der Waals surface area contributed by atoms with Crippen LogP contribution in [0.4, 0.5) is 0 Å². The van der Waals surface area contributed by atoms with Crippen molar-refractivity contribution in [3.8, 4) is 0 Å². The van der Waals surface area contributed by atoms with Gasteiger partial charge in [0.05, 0.1) is 5.69 Å². The maximum Gasteiger partial charge on any atom is 0.328 e. The van der Waals surface area contributed by atoms with Crippen molar-refractivity contribution in [3.63, 3.8) is 0 Å². The van der Waals surface area contributed by atoms with E-state index in [0.29, 0.717) is 41.6 Å². The summed E-state index contributed by atoms with van der Waals surface area (Å²) in [5.74, 6) is -0.325. The first kappa shape index (κ1) is 33.8. The molecular weight excluding hydrogens is 584 g/mol. The molecule has 0 aliphatic heterocycles. The molecule has 0 atom stereocenters. The van der Waals surface area contributed by atoms with Crippen LogP contribution in [0, 0.1) is 33.6 Å². The zero-order chi connectivity index (χ0) is 33.7. The van der Waals surface area contributed by atoms with Gasteiger partial charge in [-0.25, -0.2) is 9.59 Å². The van der Waals surface area contributed by atoms with Crippen molar-refractivity contribution in [1.29, 1.82) is 0 Å². The molecule has 46 heavy (non-hydrogen) atoms. The third kappa shape index (κ3) is 7.56. The minimum Gasteiger partial charge on any atom is -0.304 e. The quantitative estimate of drug-likeness (QED) is 0.195. The van der Waals surface area contributed by atoms with Crippen LogP contribution in [0.1, 0.15) is 92.2 Å². The van der Waals surface area contributed by atoms with E-state index >= 15 is 0 Å². The molecule has 2 heterocycles. The molecule has 10 heteroatoms. The fourth-order valence-corrected chi connectivity index (χ4v) is 5.99. The number of H-pyrrole nitrogens is 3. The minimum atomic E-state index is -0.667. The van der Waals surface area contributed by atoms with Gasteiger partial charge < -0.3 is 4.98 Å². The van der Waals surface area contributed by atoms with Gasteiger partial charge in [0.2, 0.25) is 11.6 Å². The summed E-state index contributed by atoms with van der Waals surface area (Å²) in [6.45, 7) is 11.7. The molecule has 0 bridgehead atoms. The van der Waals surface area contributed by atoms with Crippen molar-refractivity contribution in [2.24, 2.45) is 5.92 Å². The maximum absolute atomic E-state index is 13.3. The molecule has 2 aromatic carbocycles. The van der Waals surface area contributed by atoms with Crippen molar-refractivity contribution < 1.29 is 9.59 Å². The Labute approximate surface area is 266 Å². The summed E-state index contributed by atoms with van der Waals surface area (Å²) < 4.78 is 1.47. The van der Waals surface area contributed by atoms with Gasteiger partial charge in [0.1, 0.15) is 5.69 Å². The van der Waals surface area contributed by atoms with E-state index in [0.717, 1.165) is 35.1 Å². The molecule has 0 amide bonds. The fraction of sp³-hybridized carbons (Fsp3) is 0.333. The van der Waals surface area contributed by atoms with Gasteiger partial charge in [-0.15, -0.1) is 0 Å². The molecule has 1 aliphatic carbocycles. The van der Waals surface area contributed by atoms with Crippen LogP contribution in [0.2, 0.25) is 0 Å². The molecule has 1 aliphatic rings. The Morgan fingerprint density at radius 2 is 1.15 bits per heavy atom. The number of rotatable bonds is 8. The second-order valence-corrected chi connectivity index (χ2v) is 11.9. The molecule has 5 rings (SSSR count). The number of carbonyl (C=O) groups excluding carboxylic acids is 2. The highest BCUT2D eigenvalue weighted by Gasteiger charge is 2.24. The highest BCUT2D eigenvalue weighted by Crippen LogP contribution is 2.22. The Bertz CT molecular complexity index is 2030. The summed E-state index contributed by atoms with van der Waals surface area (Å²) in [6, 6.07) is 11.1. The molecule has 0 saturated heterocycles. The second kappa shape index (κ2) is 14.3. The summed E-state index contributed by atoms with van der Waals surface area (Å²) in [5, 5.41) is 0. The third-order valence-electron chi connectivity index (χ3n) is 8.00. The van der Waals surface area contributed by atoms with Gasteiger partial charge >= 0.3 is 11.4 Å². The van der Waals surface area contributed by atoms with E-state index in [1.165, 1.54) is 4.57 Å². The predicted molar refractivity (Wildman–Crippen MR) is 178 cm³/mol. The highest BCUT2D eigenvalue weighted by molar-refractivity contribution is 6.09. The number of nitrogens with one attached hydrogen (secondary N) is 3. The Morgan fingerprint density at radius 1 is 0.674 bits per heavy atom. The number of hydrogen-bond donors (Lipinski definition) is 3. The van der Waals surface area contributed by atoms with E-state index in [2.05, 4.69) is 27.1 Å².